The van der Waals surface area contributed by atoms with Crippen molar-refractivity contribution in [2.24, 2.45) is 4.99 Å². The summed E-state index contributed by atoms with van der Waals surface area (Å²) >= 11 is 5.79. The van der Waals surface area contributed by atoms with Gasteiger partial charge in [-0.3, -0.25) is 4.84 Å². The molecule has 0 amide bonds. The maximum absolute atomic E-state index is 8.91. The first-order valence-corrected chi connectivity index (χ1v) is 7.17. The van der Waals surface area contributed by atoms with Gasteiger partial charge in [-0.15, -0.1) is 4.99 Å². The molecule has 1 aliphatic rings. The first-order chi connectivity index (χ1) is 10.0. The number of nitrogens with zero attached hydrogens (tertiary/aromatic N) is 5. The van der Waals surface area contributed by atoms with Gasteiger partial charge in [0, 0.05) is 19.3 Å². The molecule has 0 spiro atoms. The third-order valence-corrected chi connectivity index (χ3v) is 3.22. The number of hydrogen-bond donors (Lipinski definition) is 0. The molecule has 1 fully saturated rings. The van der Waals surface area contributed by atoms with E-state index in [1.807, 2.05) is 37.9 Å². The van der Waals surface area contributed by atoms with Gasteiger partial charge in [-0.1, -0.05) is 17.7 Å². The van der Waals surface area contributed by atoms with Crippen LogP contribution in [0.15, 0.2) is 23.3 Å². The fourth-order valence-corrected chi connectivity index (χ4v) is 2.32. The van der Waals surface area contributed by atoms with Crippen LogP contribution in [0, 0.1) is 11.5 Å². The van der Waals surface area contributed by atoms with Gasteiger partial charge in [0.1, 0.15) is 5.15 Å². The molecule has 0 aliphatic carbocycles. The third kappa shape index (κ3) is 3.84. The van der Waals surface area contributed by atoms with Gasteiger partial charge in [-0.05, 0) is 32.4 Å². The number of aliphatic imine (C=N–C) groups is 1. The molecule has 2 heterocycles. The van der Waals surface area contributed by atoms with Gasteiger partial charge < -0.3 is 4.90 Å². The van der Waals surface area contributed by atoms with Crippen molar-refractivity contribution < 1.29 is 4.84 Å². The number of halogens is 1. The van der Waals surface area contributed by atoms with E-state index < -0.39 is 0 Å². The topological polar surface area (TPSA) is 64.8 Å². The van der Waals surface area contributed by atoms with Crippen molar-refractivity contribution in [1.82, 2.24) is 14.9 Å². The Morgan fingerprint density at radius 1 is 1.57 bits per heavy atom. The summed E-state index contributed by atoms with van der Waals surface area (Å²) in [7, 11) is 0. The number of aromatic nitrogens is 1. The zero-order valence-electron chi connectivity index (χ0n) is 12.3. The first kappa shape index (κ1) is 15.5. The third-order valence-electron chi connectivity index (χ3n) is 3.00. The lowest BCUT2D eigenvalue weighted by Gasteiger charge is -2.24. The Morgan fingerprint density at radius 2 is 2.33 bits per heavy atom. The van der Waals surface area contributed by atoms with Crippen molar-refractivity contribution in [3.05, 3.63) is 29.0 Å². The number of pyridine rings is 1. The quantitative estimate of drug-likeness (QED) is 0.631. The van der Waals surface area contributed by atoms with E-state index in [0.29, 0.717) is 17.7 Å². The van der Waals surface area contributed by atoms with E-state index in [2.05, 4.69) is 9.98 Å². The normalized spacial score (nSPS) is 20.4. The minimum atomic E-state index is 0.0218. The zero-order chi connectivity index (χ0) is 15.4. The van der Waals surface area contributed by atoms with E-state index >= 15 is 0 Å². The summed E-state index contributed by atoms with van der Waals surface area (Å²) in [6.07, 6.45) is 3.59. The Kier molecular flexibility index (Phi) is 4.99. The molecule has 112 valence electrons. The predicted molar refractivity (Wildman–Crippen MR) is 80.2 cm³/mol. The largest absolute Gasteiger partial charge is 0.334 e. The van der Waals surface area contributed by atoms with E-state index in [1.165, 1.54) is 0 Å². The fourth-order valence-electron chi connectivity index (χ4n) is 2.21. The summed E-state index contributed by atoms with van der Waals surface area (Å²) in [4.78, 5) is 15.7. The number of hydroxylamine groups is 2. The average molecular weight is 308 g/mol. The molecule has 1 saturated heterocycles. The summed E-state index contributed by atoms with van der Waals surface area (Å²) in [6, 6.07) is 3.79. The van der Waals surface area contributed by atoms with E-state index in [9.17, 15) is 0 Å². The second-order valence-electron chi connectivity index (χ2n) is 5.21. The average Bonchev–Trinajstić information content (AvgIpc) is 2.70. The van der Waals surface area contributed by atoms with Crippen molar-refractivity contribution in [2.75, 3.05) is 6.54 Å². The maximum Gasteiger partial charge on any atom is 0.237 e. The smallest absolute Gasteiger partial charge is 0.237 e. The molecule has 0 radical (unpaired) electrons. The molecule has 7 heteroatoms. The molecular weight excluding hydrogens is 290 g/mol. The molecule has 0 N–H and O–H groups in total. The van der Waals surface area contributed by atoms with Gasteiger partial charge in [0.25, 0.3) is 0 Å². The molecule has 0 saturated carbocycles. The molecule has 0 bridgehead atoms. The number of rotatable bonds is 4. The molecule has 21 heavy (non-hydrogen) atoms. The first-order valence-electron chi connectivity index (χ1n) is 6.79. The van der Waals surface area contributed by atoms with E-state index in [4.69, 9.17) is 21.7 Å². The number of hydrogen-bond acceptors (Lipinski definition) is 4. The molecule has 1 aromatic rings. The van der Waals surface area contributed by atoms with Gasteiger partial charge in [0.2, 0.25) is 12.2 Å². The predicted octanol–water partition coefficient (Wildman–Crippen LogP) is 2.42. The Bertz CT molecular complexity index is 551. The summed E-state index contributed by atoms with van der Waals surface area (Å²) < 4.78 is 0. The lowest BCUT2D eigenvalue weighted by Crippen LogP contribution is -2.37. The second kappa shape index (κ2) is 6.74. The van der Waals surface area contributed by atoms with Crippen LogP contribution in [0.25, 0.3) is 0 Å². The van der Waals surface area contributed by atoms with Gasteiger partial charge in [0.05, 0.1) is 12.1 Å². The van der Waals surface area contributed by atoms with Crippen LogP contribution >= 0.6 is 11.6 Å². The van der Waals surface area contributed by atoms with Crippen molar-refractivity contribution in [3.63, 3.8) is 0 Å². The number of guanidine groups is 1. The van der Waals surface area contributed by atoms with Crippen molar-refractivity contribution in [2.45, 2.75) is 39.5 Å². The monoisotopic (exact) mass is 307 g/mol. The van der Waals surface area contributed by atoms with Crippen LogP contribution < -0.4 is 0 Å². The highest BCUT2D eigenvalue weighted by Crippen LogP contribution is 2.20. The molecule has 1 aromatic heterocycles. The van der Waals surface area contributed by atoms with Crippen LogP contribution in [0.5, 0.6) is 0 Å². The highest BCUT2D eigenvalue weighted by Gasteiger charge is 2.34. The Labute approximate surface area is 129 Å². The summed E-state index contributed by atoms with van der Waals surface area (Å²) in [5.41, 5.74) is 1.00. The van der Waals surface area contributed by atoms with Crippen LogP contribution in [0.3, 0.4) is 0 Å². The molecule has 2 rings (SSSR count). The van der Waals surface area contributed by atoms with Crippen LogP contribution in [0.1, 0.15) is 26.3 Å². The molecule has 0 aromatic carbocycles. The molecule has 1 atom stereocenters. The van der Waals surface area contributed by atoms with Gasteiger partial charge in [-0.2, -0.15) is 5.26 Å². The minimum absolute atomic E-state index is 0.0218. The summed E-state index contributed by atoms with van der Waals surface area (Å²) in [5, 5.41) is 11.1. The molecular formula is C14H18ClN5O. The van der Waals surface area contributed by atoms with E-state index in [-0.39, 0.29) is 12.1 Å². The molecule has 1 unspecified atom stereocenters. The lowest BCUT2D eigenvalue weighted by atomic mass is 10.2. The Hall–Kier alpha value is -1.84. The standard InChI is InChI=1S/C14H18ClN5O/c1-10(2)21-20-11(3)7-19(14(20)18-9-16)8-12-4-5-13(15)17-6-12/h4-6,10-11H,7-8H2,1-3H3. The fraction of sp³-hybridized carbons (Fsp3) is 0.500. The van der Waals surface area contributed by atoms with Crippen LogP contribution in [-0.2, 0) is 11.4 Å². The lowest BCUT2D eigenvalue weighted by molar-refractivity contribution is -0.145. The minimum Gasteiger partial charge on any atom is -0.334 e. The van der Waals surface area contributed by atoms with Crippen molar-refractivity contribution in [3.8, 4) is 6.19 Å². The Balaban J connectivity index is 2.17. The summed E-state index contributed by atoms with van der Waals surface area (Å²) in [6.45, 7) is 7.27. The Morgan fingerprint density at radius 3 is 2.90 bits per heavy atom. The van der Waals surface area contributed by atoms with Crippen molar-refractivity contribution in [1.29, 1.82) is 5.26 Å². The highest BCUT2D eigenvalue weighted by molar-refractivity contribution is 6.29. The van der Waals surface area contributed by atoms with Crippen LogP contribution in [0.4, 0.5) is 0 Å². The van der Waals surface area contributed by atoms with Gasteiger partial charge in [-0.25, -0.2) is 10.0 Å². The maximum atomic E-state index is 8.91. The van der Waals surface area contributed by atoms with Crippen molar-refractivity contribution >= 4 is 17.6 Å². The molecule has 6 nitrogen and oxygen atoms in total. The number of nitriles is 1. The van der Waals surface area contributed by atoms with Gasteiger partial charge >= 0.3 is 0 Å². The highest BCUT2D eigenvalue weighted by atomic mass is 35.5. The SMILES string of the molecule is CC(C)ON1C(=NC#N)N(Cc2ccc(Cl)nc2)CC1C. The summed E-state index contributed by atoms with van der Waals surface area (Å²) in [5.74, 6) is 0.536. The van der Waals surface area contributed by atoms with Crippen LogP contribution in [-0.4, -0.2) is 39.6 Å². The van der Waals surface area contributed by atoms with E-state index in [0.717, 1.165) is 12.1 Å². The van der Waals surface area contributed by atoms with E-state index in [1.54, 1.807) is 17.3 Å². The zero-order valence-corrected chi connectivity index (χ0v) is 13.1. The molecule has 1 aliphatic heterocycles. The van der Waals surface area contributed by atoms with Crippen LogP contribution in [0.2, 0.25) is 5.15 Å². The van der Waals surface area contributed by atoms with Gasteiger partial charge in [0.15, 0.2) is 0 Å². The second-order valence-corrected chi connectivity index (χ2v) is 5.60.